The topological polar surface area (TPSA) is 84.0 Å². The molecule has 0 bridgehead atoms. The van der Waals surface area contributed by atoms with E-state index in [0.717, 1.165) is 6.41 Å². The van der Waals surface area contributed by atoms with E-state index in [-0.39, 0.29) is 5.91 Å². The van der Waals surface area contributed by atoms with E-state index in [1.807, 2.05) is 12.1 Å². The van der Waals surface area contributed by atoms with Crippen molar-refractivity contribution in [1.29, 1.82) is 0 Å². The first kappa shape index (κ1) is 18.5. The Morgan fingerprint density at radius 1 is 1.11 bits per heavy atom. The van der Waals surface area contributed by atoms with Gasteiger partial charge < -0.3 is 24.6 Å². The van der Waals surface area contributed by atoms with Crippen molar-refractivity contribution in [3.8, 4) is 11.5 Å². The van der Waals surface area contributed by atoms with Gasteiger partial charge in [-0.2, -0.15) is 0 Å². The van der Waals surface area contributed by atoms with E-state index in [2.05, 4.69) is 10.3 Å². The number of carbonyl (C=O) groups excluding carboxylic acids is 2. The van der Waals surface area contributed by atoms with E-state index in [4.69, 9.17) is 9.47 Å². The average molecular weight is 370 g/mol. The number of benzene rings is 1. The molecule has 0 spiro atoms. The lowest BCUT2D eigenvalue weighted by Crippen LogP contribution is -2.48. The van der Waals surface area contributed by atoms with Crippen molar-refractivity contribution in [2.45, 2.75) is 0 Å². The lowest BCUT2D eigenvalue weighted by Gasteiger charge is -2.32. The summed E-state index contributed by atoms with van der Waals surface area (Å²) in [5, 5.41) is 3.17. The minimum absolute atomic E-state index is 0.0847. The molecule has 1 aromatic carbocycles. The van der Waals surface area contributed by atoms with Gasteiger partial charge in [0.15, 0.2) is 0 Å². The quantitative estimate of drug-likeness (QED) is 0.780. The molecule has 0 atom stereocenters. The summed E-state index contributed by atoms with van der Waals surface area (Å²) < 4.78 is 10.6. The Hall–Kier alpha value is -3.29. The Bertz CT molecular complexity index is 802. The molecule has 1 aliphatic heterocycles. The molecule has 8 heteroatoms. The zero-order valence-electron chi connectivity index (χ0n) is 15.3. The molecule has 0 saturated carbocycles. The Morgan fingerprint density at radius 2 is 1.89 bits per heavy atom. The van der Waals surface area contributed by atoms with Crippen molar-refractivity contribution in [2.75, 3.05) is 45.7 Å². The van der Waals surface area contributed by atoms with E-state index in [1.165, 1.54) is 0 Å². The van der Waals surface area contributed by atoms with Gasteiger partial charge in [-0.1, -0.05) is 0 Å². The molecule has 3 rings (SSSR count). The highest BCUT2D eigenvalue weighted by Gasteiger charge is 2.21. The van der Waals surface area contributed by atoms with Crippen molar-refractivity contribution in [3.63, 3.8) is 0 Å². The fraction of sp³-hybridized carbons (Fsp3) is 0.316. The first-order chi connectivity index (χ1) is 13.1. The predicted octanol–water partition coefficient (Wildman–Crippen LogP) is 1.76. The molecule has 142 valence electrons. The summed E-state index contributed by atoms with van der Waals surface area (Å²) in [6.07, 6.45) is 2.36. The molecule has 27 heavy (non-hydrogen) atoms. The van der Waals surface area contributed by atoms with E-state index in [0.29, 0.717) is 54.7 Å². The van der Waals surface area contributed by atoms with E-state index in [1.54, 1.807) is 48.4 Å². The molecule has 8 nitrogen and oxygen atoms in total. The second-order valence-electron chi connectivity index (χ2n) is 6.06. The van der Waals surface area contributed by atoms with Crippen LogP contribution in [-0.4, -0.2) is 67.5 Å². The number of rotatable bonds is 6. The molecule has 0 unspecified atom stereocenters. The maximum absolute atomic E-state index is 12.6. The number of nitrogens with one attached hydrogen (secondary N) is 1. The van der Waals surface area contributed by atoms with Crippen molar-refractivity contribution in [3.05, 3.63) is 42.1 Å². The van der Waals surface area contributed by atoms with Crippen LogP contribution in [0.15, 0.2) is 36.5 Å². The van der Waals surface area contributed by atoms with Gasteiger partial charge >= 0.3 is 0 Å². The number of hydrogen-bond acceptors (Lipinski definition) is 6. The van der Waals surface area contributed by atoms with Crippen LogP contribution in [0.4, 0.5) is 11.5 Å². The summed E-state index contributed by atoms with van der Waals surface area (Å²) in [5.74, 6) is 1.85. The van der Waals surface area contributed by atoms with Crippen LogP contribution >= 0.6 is 0 Å². The van der Waals surface area contributed by atoms with E-state index < -0.39 is 0 Å². The molecular weight excluding hydrogens is 348 g/mol. The number of piperazine rings is 1. The second kappa shape index (κ2) is 8.39. The predicted molar refractivity (Wildman–Crippen MR) is 101 cm³/mol. The van der Waals surface area contributed by atoms with Gasteiger partial charge in [-0.05, 0) is 24.3 Å². The number of aromatic nitrogens is 1. The van der Waals surface area contributed by atoms with Crippen LogP contribution in [0.3, 0.4) is 0 Å². The molecule has 1 fully saturated rings. The standard InChI is InChI=1S/C19H22N4O4/c1-26-15-4-5-17(27-2)16(11-15)21-18-6-3-14(12-20-18)19(25)23-9-7-22(13-24)8-10-23/h3-6,11-13H,7-10H2,1-2H3,(H,20,21). The molecule has 2 aromatic rings. The van der Waals surface area contributed by atoms with Gasteiger partial charge in [-0.3, -0.25) is 9.59 Å². The van der Waals surface area contributed by atoms with Gasteiger partial charge in [-0.25, -0.2) is 4.98 Å². The number of anilines is 2. The first-order valence-corrected chi connectivity index (χ1v) is 8.58. The highest BCUT2D eigenvalue weighted by molar-refractivity contribution is 5.94. The number of methoxy groups -OCH3 is 2. The zero-order chi connectivity index (χ0) is 19.2. The van der Waals surface area contributed by atoms with Gasteiger partial charge in [0.25, 0.3) is 5.91 Å². The van der Waals surface area contributed by atoms with Crippen LogP contribution in [0.5, 0.6) is 11.5 Å². The monoisotopic (exact) mass is 370 g/mol. The molecule has 1 aromatic heterocycles. The number of amides is 2. The number of carbonyl (C=O) groups is 2. The Balaban J connectivity index is 1.69. The zero-order valence-corrected chi connectivity index (χ0v) is 15.3. The lowest BCUT2D eigenvalue weighted by atomic mass is 10.2. The first-order valence-electron chi connectivity index (χ1n) is 8.58. The number of hydrogen-bond donors (Lipinski definition) is 1. The van der Waals surface area contributed by atoms with Crippen LogP contribution in [-0.2, 0) is 4.79 Å². The fourth-order valence-corrected chi connectivity index (χ4v) is 2.86. The lowest BCUT2D eigenvalue weighted by molar-refractivity contribution is -0.119. The average Bonchev–Trinajstić information content (AvgIpc) is 2.73. The third-order valence-electron chi connectivity index (χ3n) is 4.43. The summed E-state index contributed by atoms with van der Waals surface area (Å²) in [6.45, 7) is 2.16. The normalized spacial score (nSPS) is 13.9. The number of nitrogens with zero attached hydrogens (tertiary/aromatic N) is 3. The molecule has 1 N–H and O–H groups in total. The van der Waals surface area contributed by atoms with Crippen LogP contribution in [0.1, 0.15) is 10.4 Å². The molecule has 2 heterocycles. The van der Waals surface area contributed by atoms with Gasteiger partial charge in [-0.15, -0.1) is 0 Å². The number of ether oxygens (including phenoxy) is 2. The Morgan fingerprint density at radius 3 is 2.48 bits per heavy atom. The molecule has 0 radical (unpaired) electrons. The molecule has 2 amide bonds. The smallest absolute Gasteiger partial charge is 0.255 e. The maximum atomic E-state index is 12.6. The van der Waals surface area contributed by atoms with Gasteiger partial charge in [0.05, 0.1) is 25.5 Å². The van der Waals surface area contributed by atoms with Crippen LogP contribution in [0, 0.1) is 0 Å². The van der Waals surface area contributed by atoms with E-state index in [9.17, 15) is 9.59 Å². The minimum atomic E-state index is -0.0847. The summed E-state index contributed by atoms with van der Waals surface area (Å²) >= 11 is 0. The third-order valence-corrected chi connectivity index (χ3v) is 4.43. The maximum Gasteiger partial charge on any atom is 0.255 e. The molecule has 0 aliphatic carbocycles. The largest absolute Gasteiger partial charge is 0.497 e. The highest BCUT2D eigenvalue weighted by Crippen LogP contribution is 2.31. The summed E-state index contributed by atoms with van der Waals surface area (Å²) in [4.78, 5) is 31.1. The van der Waals surface area contributed by atoms with E-state index >= 15 is 0 Å². The molecule has 1 aliphatic rings. The van der Waals surface area contributed by atoms with Gasteiger partial charge in [0.1, 0.15) is 17.3 Å². The van der Waals surface area contributed by atoms with Crippen LogP contribution in [0.2, 0.25) is 0 Å². The van der Waals surface area contributed by atoms with Crippen molar-refractivity contribution in [2.24, 2.45) is 0 Å². The van der Waals surface area contributed by atoms with Crippen molar-refractivity contribution < 1.29 is 19.1 Å². The molecule has 1 saturated heterocycles. The SMILES string of the molecule is COc1ccc(OC)c(Nc2ccc(C(=O)N3CCN(C=O)CC3)cn2)c1. The van der Waals surface area contributed by atoms with Gasteiger partial charge in [0.2, 0.25) is 6.41 Å². The summed E-state index contributed by atoms with van der Waals surface area (Å²) in [6, 6.07) is 8.90. The highest BCUT2D eigenvalue weighted by atomic mass is 16.5. The second-order valence-corrected chi connectivity index (χ2v) is 6.06. The van der Waals surface area contributed by atoms with Crippen molar-refractivity contribution in [1.82, 2.24) is 14.8 Å². The molecular formula is C19H22N4O4. The van der Waals surface area contributed by atoms with Crippen LogP contribution in [0.25, 0.3) is 0 Å². The Kier molecular flexibility index (Phi) is 5.75. The fourth-order valence-electron chi connectivity index (χ4n) is 2.86. The van der Waals surface area contributed by atoms with Crippen LogP contribution < -0.4 is 14.8 Å². The summed E-state index contributed by atoms with van der Waals surface area (Å²) in [5.41, 5.74) is 1.23. The van der Waals surface area contributed by atoms with Crippen molar-refractivity contribution >= 4 is 23.8 Å². The number of pyridine rings is 1. The third kappa shape index (κ3) is 4.28. The van der Waals surface area contributed by atoms with Gasteiger partial charge in [0, 0.05) is 38.4 Å². The summed E-state index contributed by atoms with van der Waals surface area (Å²) in [7, 11) is 3.19. The Labute approximate surface area is 157 Å². The minimum Gasteiger partial charge on any atom is -0.497 e.